The number of hydrogen-bond donors (Lipinski definition) is 1. The normalized spacial score (nSPS) is 15.9. The second-order valence-corrected chi connectivity index (χ2v) is 9.33. The molecule has 0 aromatic heterocycles. The molecule has 0 heterocycles. The van der Waals surface area contributed by atoms with Crippen LogP contribution in [-0.2, 0) is 11.2 Å². The Hall–Kier alpha value is -1.59. The molecule has 3 nitrogen and oxygen atoms in total. The zero-order valence-electron chi connectivity index (χ0n) is 15.1. The first-order chi connectivity index (χ1) is 13.0. The highest BCUT2D eigenvalue weighted by Crippen LogP contribution is 2.53. The Morgan fingerprint density at radius 1 is 1.22 bits per heavy atom. The smallest absolute Gasteiger partial charge is 0.303 e. The van der Waals surface area contributed by atoms with E-state index >= 15 is 0 Å². The number of carboxylic acid groups (broad SMARTS) is 1. The largest absolute Gasteiger partial charge is 0.481 e. The molecule has 1 unspecified atom stereocenters. The van der Waals surface area contributed by atoms with Crippen molar-refractivity contribution in [3.63, 3.8) is 0 Å². The van der Waals surface area contributed by atoms with E-state index in [2.05, 4.69) is 34.1 Å². The van der Waals surface area contributed by atoms with Crippen LogP contribution in [-0.4, -0.2) is 23.1 Å². The standard InChI is InChI=1S/C22H23BrO3S/c23-19-7-2-1-5-17(19)8-9-20(18-6-3-4-16(12-18)14-24)27-15-22(10-11-22)13-21(25)26/h1-7,12,14,20H,8-11,13,15H2,(H,25,26). The molecule has 3 rings (SSSR count). The Labute approximate surface area is 172 Å². The summed E-state index contributed by atoms with van der Waals surface area (Å²) in [5, 5.41) is 9.41. The van der Waals surface area contributed by atoms with Crippen molar-refractivity contribution in [3.05, 3.63) is 69.7 Å². The molecule has 0 spiro atoms. The van der Waals surface area contributed by atoms with Gasteiger partial charge < -0.3 is 5.11 Å². The summed E-state index contributed by atoms with van der Waals surface area (Å²) in [6.07, 6.45) is 5.00. The van der Waals surface area contributed by atoms with Gasteiger partial charge in [-0.2, -0.15) is 11.8 Å². The molecule has 1 aliphatic rings. The van der Waals surface area contributed by atoms with Crippen LogP contribution in [0.2, 0.25) is 0 Å². The van der Waals surface area contributed by atoms with Crippen molar-refractivity contribution in [2.75, 3.05) is 5.75 Å². The fourth-order valence-corrected chi connectivity index (χ4v) is 5.37. The van der Waals surface area contributed by atoms with Gasteiger partial charge in [0.1, 0.15) is 6.29 Å². The summed E-state index contributed by atoms with van der Waals surface area (Å²) in [6, 6.07) is 16.0. The molecule has 1 saturated carbocycles. The van der Waals surface area contributed by atoms with E-state index < -0.39 is 5.97 Å². The second-order valence-electron chi connectivity index (χ2n) is 7.29. The average Bonchev–Trinajstić information content (AvgIpc) is 3.42. The minimum atomic E-state index is -0.708. The maximum Gasteiger partial charge on any atom is 0.303 e. The minimum Gasteiger partial charge on any atom is -0.481 e. The molecule has 1 aliphatic carbocycles. The van der Waals surface area contributed by atoms with Gasteiger partial charge in [-0.25, -0.2) is 0 Å². The number of carbonyl (C=O) groups is 2. The first kappa shape index (κ1) is 20.2. The van der Waals surface area contributed by atoms with E-state index in [-0.39, 0.29) is 17.1 Å². The third-order valence-corrected chi connectivity index (χ3v) is 7.59. The Morgan fingerprint density at radius 3 is 2.67 bits per heavy atom. The molecule has 27 heavy (non-hydrogen) atoms. The molecule has 2 aromatic carbocycles. The molecule has 0 bridgehead atoms. The number of thioether (sulfide) groups is 1. The van der Waals surface area contributed by atoms with E-state index in [0.29, 0.717) is 5.56 Å². The number of benzene rings is 2. The molecule has 0 radical (unpaired) electrons. The van der Waals surface area contributed by atoms with Gasteiger partial charge >= 0.3 is 5.97 Å². The number of aldehydes is 1. The van der Waals surface area contributed by atoms with Gasteiger partial charge in [-0.3, -0.25) is 9.59 Å². The summed E-state index contributed by atoms with van der Waals surface area (Å²) < 4.78 is 1.11. The van der Waals surface area contributed by atoms with Crippen molar-refractivity contribution in [3.8, 4) is 0 Å². The number of carboxylic acids is 1. The molecule has 1 atom stereocenters. The van der Waals surface area contributed by atoms with Crippen LogP contribution in [0.3, 0.4) is 0 Å². The molecule has 0 aliphatic heterocycles. The topological polar surface area (TPSA) is 54.4 Å². The lowest BCUT2D eigenvalue weighted by molar-refractivity contribution is -0.138. The van der Waals surface area contributed by atoms with Crippen LogP contribution in [0.4, 0.5) is 0 Å². The van der Waals surface area contributed by atoms with Crippen molar-refractivity contribution < 1.29 is 14.7 Å². The van der Waals surface area contributed by atoms with Crippen molar-refractivity contribution in [1.82, 2.24) is 0 Å². The molecule has 0 saturated heterocycles. The van der Waals surface area contributed by atoms with Crippen LogP contribution in [0.1, 0.15) is 52.4 Å². The molecule has 142 valence electrons. The molecular formula is C22H23BrO3S. The van der Waals surface area contributed by atoms with Crippen molar-refractivity contribution in [1.29, 1.82) is 0 Å². The molecule has 5 heteroatoms. The first-order valence-corrected chi connectivity index (χ1v) is 11.0. The molecule has 1 fully saturated rings. The summed E-state index contributed by atoms with van der Waals surface area (Å²) in [6.45, 7) is 0. The Bertz CT molecular complexity index is 817. The fraction of sp³-hybridized carbons (Fsp3) is 0.364. The molecule has 2 aromatic rings. The van der Waals surface area contributed by atoms with Crippen molar-refractivity contribution in [2.45, 2.75) is 37.4 Å². The Morgan fingerprint density at radius 2 is 2.00 bits per heavy atom. The minimum absolute atomic E-state index is 0.0374. The number of aliphatic carboxylic acids is 1. The van der Waals surface area contributed by atoms with Crippen LogP contribution < -0.4 is 0 Å². The number of aryl methyl sites for hydroxylation is 1. The summed E-state index contributed by atoms with van der Waals surface area (Å²) in [4.78, 5) is 22.3. The van der Waals surface area contributed by atoms with Crippen LogP contribution in [0, 0.1) is 5.41 Å². The quantitative estimate of drug-likeness (QED) is 0.459. The lowest BCUT2D eigenvalue weighted by Gasteiger charge is -2.21. The lowest BCUT2D eigenvalue weighted by Crippen LogP contribution is -2.12. The van der Waals surface area contributed by atoms with Crippen LogP contribution in [0.5, 0.6) is 0 Å². The van der Waals surface area contributed by atoms with E-state index in [9.17, 15) is 9.59 Å². The first-order valence-electron chi connectivity index (χ1n) is 9.13. The third kappa shape index (κ3) is 5.69. The third-order valence-electron chi connectivity index (χ3n) is 5.13. The van der Waals surface area contributed by atoms with E-state index in [1.54, 1.807) is 0 Å². The zero-order chi connectivity index (χ0) is 19.3. The highest BCUT2D eigenvalue weighted by atomic mass is 79.9. The van der Waals surface area contributed by atoms with E-state index in [4.69, 9.17) is 5.11 Å². The predicted molar refractivity (Wildman–Crippen MR) is 113 cm³/mol. The number of rotatable bonds is 10. The summed E-state index contributed by atoms with van der Waals surface area (Å²) in [5.74, 6) is 0.145. The van der Waals surface area contributed by atoms with E-state index in [1.807, 2.05) is 42.1 Å². The van der Waals surface area contributed by atoms with E-state index in [0.717, 1.165) is 47.8 Å². The van der Waals surface area contributed by atoms with Crippen LogP contribution >= 0.6 is 27.7 Å². The average molecular weight is 447 g/mol. The van der Waals surface area contributed by atoms with Gasteiger partial charge in [0, 0.05) is 21.0 Å². The summed E-state index contributed by atoms with van der Waals surface area (Å²) >= 11 is 5.45. The number of halogens is 1. The van der Waals surface area contributed by atoms with Crippen molar-refractivity contribution in [2.24, 2.45) is 5.41 Å². The number of carbonyl (C=O) groups excluding carboxylic acids is 1. The SMILES string of the molecule is O=Cc1cccc(C(CCc2ccccc2Br)SCC2(CC(=O)O)CC2)c1. The maximum absolute atomic E-state index is 11.2. The summed E-state index contributed by atoms with van der Waals surface area (Å²) in [7, 11) is 0. The van der Waals surface area contributed by atoms with Gasteiger partial charge in [0.05, 0.1) is 6.42 Å². The van der Waals surface area contributed by atoms with Crippen LogP contribution in [0.25, 0.3) is 0 Å². The van der Waals surface area contributed by atoms with Gasteiger partial charge in [-0.1, -0.05) is 52.3 Å². The zero-order valence-corrected chi connectivity index (χ0v) is 17.5. The fourth-order valence-electron chi connectivity index (χ4n) is 3.31. The van der Waals surface area contributed by atoms with Gasteiger partial charge in [-0.15, -0.1) is 0 Å². The molecule has 0 amide bonds. The maximum atomic E-state index is 11.2. The second kappa shape index (κ2) is 9.07. The Kier molecular flexibility index (Phi) is 6.77. The molecular weight excluding hydrogens is 424 g/mol. The van der Waals surface area contributed by atoms with E-state index in [1.165, 1.54) is 5.56 Å². The summed E-state index contributed by atoms with van der Waals surface area (Å²) in [5.41, 5.74) is 3.06. The number of hydrogen-bond acceptors (Lipinski definition) is 3. The highest BCUT2D eigenvalue weighted by molar-refractivity contribution is 9.10. The van der Waals surface area contributed by atoms with Crippen LogP contribution in [0.15, 0.2) is 53.0 Å². The predicted octanol–water partition coefficient (Wildman–Crippen LogP) is 5.92. The van der Waals surface area contributed by atoms with Gasteiger partial charge in [0.2, 0.25) is 0 Å². The lowest BCUT2D eigenvalue weighted by atomic mass is 10.0. The highest BCUT2D eigenvalue weighted by Gasteiger charge is 2.44. The van der Waals surface area contributed by atoms with Gasteiger partial charge in [0.25, 0.3) is 0 Å². The monoisotopic (exact) mass is 446 g/mol. The van der Waals surface area contributed by atoms with Crippen molar-refractivity contribution >= 4 is 39.9 Å². The van der Waals surface area contributed by atoms with Gasteiger partial charge in [0.15, 0.2) is 0 Å². The Balaban J connectivity index is 1.73. The van der Waals surface area contributed by atoms with Gasteiger partial charge in [-0.05, 0) is 54.4 Å². The molecule has 1 N–H and O–H groups in total.